The Hall–Kier alpha value is -2.54. The van der Waals surface area contributed by atoms with E-state index >= 15 is 0 Å². The average Bonchev–Trinajstić information content (AvgIpc) is 3.03. The van der Waals surface area contributed by atoms with Crippen molar-refractivity contribution >= 4 is 21.5 Å². The van der Waals surface area contributed by atoms with E-state index in [1.54, 1.807) is 12.1 Å². The Bertz CT molecular complexity index is 971. The van der Waals surface area contributed by atoms with Crippen LogP contribution in [0.15, 0.2) is 58.4 Å². The molecule has 0 aromatic heterocycles. The van der Waals surface area contributed by atoms with Gasteiger partial charge in [0.05, 0.1) is 4.90 Å². The van der Waals surface area contributed by atoms with Crippen LogP contribution in [0.5, 0.6) is 0 Å². The number of fused-ring (bicyclic) bond motifs is 1. The van der Waals surface area contributed by atoms with E-state index in [4.69, 9.17) is 0 Å². The average molecular weight is 429 g/mol. The van der Waals surface area contributed by atoms with E-state index in [-0.39, 0.29) is 0 Å². The molecule has 0 fully saturated rings. The second-order valence-corrected chi connectivity index (χ2v) is 9.74. The fourth-order valence-electron chi connectivity index (χ4n) is 3.81. The minimum Gasteiger partial charge on any atom is -0.367 e. The van der Waals surface area contributed by atoms with Crippen LogP contribution in [-0.4, -0.2) is 52.9 Å². The van der Waals surface area contributed by atoms with Gasteiger partial charge >= 0.3 is 0 Å². The third-order valence-corrected chi connectivity index (χ3v) is 6.49. The van der Waals surface area contributed by atoms with Crippen molar-refractivity contribution in [1.82, 2.24) is 10.6 Å². The van der Waals surface area contributed by atoms with E-state index in [1.165, 1.54) is 17.5 Å². The molecule has 2 N–H and O–H groups in total. The highest BCUT2D eigenvalue weighted by Crippen LogP contribution is 2.31. The van der Waals surface area contributed by atoms with Gasteiger partial charge in [0.15, 0.2) is 15.8 Å². The normalized spacial score (nSPS) is 16.4. The number of nitrogens with zero attached hydrogens (tertiary/aromatic N) is 2. The zero-order chi connectivity index (χ0) is 21.6. The van der Waals surface area contributed by atoms with Gasteiger partial charge < -0.3 is 15.5 Å². The zero-order valence-corrected chi connectivity index (χ0v) is 18.9. The Kier molecular flexibility index (Phi) is 7.37. The standard InChI is InChI=1S/C23H32N4O2S/c1-4-24-23(25-14-13-19-9-11-21(12-10-19)30(3,28)29)26-15-16-27-18(2)17-20-7-5-6-8-22(20)27/h5-12,18H,4,13-17H2,1-3H3,(H2,24,25,26). The van der Waals surface area contributed by atoms with Gasteiger partial charge in [-0.05, 0) is 56.0 Å². The number of hydrogen-bond donors (Lipinski definition) is 2. The van der Waals surface area contributed by atoms with Crippen LogP contribution in [0, 0.1) is 0 Å². The quantitative estimate of drug-likeness (QED) is 0.500. The predicted molar refractivity (Wildman–Crippen MR) is 124 cm³/mol. The van der Waals surface area contributed by atoms with Gasteiger partial charge in [-0.1, -0.05) is 30.3 Å². The molecule has 3 rings (SSSR count). The molecule has 0 aliphatic carbocycles. The van der Waals surface area contributed by atoms with Crippen molar-refractivity contribution in [2.24, 2.45) is 4.99 Å². The van der Waals surface area contributed by atoms with Crippen molar-refractivity contribution in [3.8, 4) is 0 Å². The number of para-hydroxylation sites is 1. The summed E-state index contributed by atoms with van der Waals surface area (Å²) < 4.78 is 23.1. The highest BCUT2D eigenvalue weighted by atomic mass is 32.2. The van der Waals surface area contributed by atoms with Gasteiger partial charge in [0.2, 0.25) is 0 Å². The van der Waals surface area contributed by atoms with Crippen LogP contribution in [0.1, 0.15) is 25.0 Å². The summed E-state index contributed by atoms with van der Waals surface area (Å²) in [5.41, 5.74) is 3.84. The molecule has 1 heterocycles. The summed E-state index contributed by atoms with van der Waals surface area (Å²) in [6.07, 6.45) is 3.09. The fraction of sp³-hybridized carbons (Fsp3) is 0.435. The summed E-state index contributed by atoms with van der Waals surface area (Å²) in [6, 6.07) is 16.2. The molecule has 1 unspecified atom stereocenters. The summed E-state index contributed by atoms with van der Waals surface area (Å²) >= 11 is 0. The van der Waals surface area contributed by atoms with Crippen LogP contribution in [0.3, 0.4) is 0 Å². The molecular formula is C23H32N4O2S. The zero-order valence-electron chi connectivity index (χ0n) is 18.1. The molecule has 6 nitrogen and oxygen atoms in total. The van der Waals surface area contributed by atoms with Crippen molar-refractivity contribution in [3.63, 3.8) is 0 Å². The van der Waals surface area contributed by atoms with Gasteiger partial charge in [-0.15, -0.1) is 0 Å². The second-order valence-electron chi connectivity index (χ2n) is 7.73. The van der Waals surface area contributed by atoms with Crippen molar-refractivity contribution < 1.29 is 8.42 Å². The third-order valence-electron chi connectivity index (χ3n) is 5.36. The Morgan fingerprint density at radius 1 is 1.13 bits per heavy atom. The minimum absolute atomic E-state index is 0.350. The largest absolute Gasteiger partial charge is 0.367 e. The molecule has 30 heavy (non-hydrogen) atoms. The van der Waals surface area contributed by atoms with E-state index in [0.717, 1.165) is 44.0 Å². The summed E-state index contributed by atoms with van der Waals surface area (Å²) in [7, 11) is -3.15. The van der Waals surface area contributed by atoms with Gasteiger partial charge in [-0.3, -0.25) is 4.99 Å². The molecule has 0 bridgehead atoms. The second kappa shape index (κ2) is 9.98. The van der Waals surface area contributed by atoms with Crippen LogP contribution in [-0.2, 0) is 22.7 Å². The molecular weight excluding hydrogens is 396 g/mol. The summed E-state index contributed by atoms with van der Waals surface area (Å²) in [6.45, 7) is 7.51. The number of anilines is 1. The summed E-state index contributed by atoms with van der Waals surface area (Å²) in [5.74, 6) is 0.811. The smallest absolute Gasteiger partial charge is 0.191 e. The van der Waals surface area contributed by atoms with E-state index in [9.17, 15) is 8.42 Å². The first-order valence-electron chi connectivity index (χ1n) is 10.5. The minimum atomic E-state index is -3.15. The lowest BCUT2D eigenvalue weighted by Crippen LogP contribution is -2.43. The van der Waals surface area contributed by atoms with Crippen LogP contribution in [0.25, 0.3) is 0 Å². The lowest BCUT2D eigenvalue weighted by Gasteiger charge is -2.25. The SMILES string of the molecule is CCNC(=NCCc1ccc(S(C)(=O)=O)cc1)NCCN1c2ccccc2CC1C. The number of aliphatic imine (C=N–C) groups is 1. The number of benzene rings is 2. The number of guanidine groups is 1. The number of nitrogens with one attached hydrogen (secondary N) is 2. The Morgan fingerprint density at radius 3 is 2.57 bits per heavy atom. The van der Waals surface area contributed by atoms with Crippen LogP contribution >= 0.6 is 0 Å². The van der Waals surface area contributed by atoms with Gasteiger partial charge in [-0.25, -0.2) is 8.42 Å². The molecule has 0 spiro atoms. The highest BCUT2D eigenvalue weighted by molar-refractivity contribution is 7.90. The molecule has 0 radical (unpaired) electrons. The molecule has 162 valence electrons. The topological polar surface area (TPSA) is 73.8 Å². The lowest BCUT2D eigenvalue weighted by atomic mass is 10.1. The molecule has 1 atom stereocenters. The maximum Gasteiger partial charge on any atom is 0.191 e. The molecule has 0 saturated heterocycles. The number of sulfone groups is 1. The predicted octanol–water partition coefficient (Wildman–Crippen LogP) is 2.64. The van der Waals surface area contributed by atoms with Crippen LogP contribution < -0.4 is 15.5 Å². The number of rotatable bonds is 8. The van der Waals surface area contributed by atoms with E-state index in [0.29, 0.717) is 17.5 Å². The van der Waals surface area contributed by atoms with Gasteiger partial charge in [0.25, 0.3) is 0 Å². The van der Waals surface area contributed by atoms with Crippen molar-refractivity contribution in [2.45, 2.75) is 37.6 Å². The van der Waals surface area contributed by atoms with Crippen LogP contribution in [0.2, 0.25) is 0 Å². The lowest BCUT2D eigenvalue weighted by molar-refractivity contribution is 0.602. The summed E-state index contributed by atoms with van der Waals surface area (Å²) in [5, 5.41) is 6.73. The van der Waals surface area contributed by atoms with Gasteiger partial charge in [0, 0.05) is 44.2 Å². The molecule has 7 heteroatoms. The Morgan fingerprint density at radius 2 is 1.87 bits per heavy atom. The fourth-order valence-corrected chi connectivity index (χ4v) is 4.44. The van der Waals surface area contributed by atoms with Crippen LogP contribution in [0.4, 0.5) is 5.69 Å². The van der Waals surface area contributed by atoms with Gasteiger partial charge in [0.1, 0.15) is 0 Å². The first kappa shape index (κ1) is 22.2. The summed E-state index contributed by atoms with van der Waals surface area (Å²) in [4.78, 5) is 7.47. The number of hydrogen-bond acceptors (Lipinski definition) is 4. The maximum absolute atomic E-state index is 11.6. The van der Waals surface area contributed by atoms with E-state index < -0.39 is 9.84 Å². The monoisotopic (exact) mass is 428 g/mol. The Labute approximate surface area is 180 Å². The van der Waals surface area contributed by atoms with Crippen molar-refractivity contribution in [3.05, 3.63) is 59.7 Å². The molecule has 2 aromatic carbocycles. The molecule has 1 aliphatic heterocycles. The maximum atomic E-state index is 11.6. The van der Waals surface area contributed by atoms with Crippen molar-refractivity contribution in [1.29, 1.82) is 0 Å². The first-order chi connectivity index (χ1) is 14.4. The van der Waals surface area contributed by atoms with E-state index in [1.807, 2.05) is 12.1 Å². The van der Waals surface area contributed by atoms with Gasteiger partial charge in [-0.2, -0.15) is 0 Å². The first-order valence-corrected chi connectivity index (χ1v) is 12.4. The molecule has 2 aromatic rings. The molecule has 0 saturated carbocycles. The van der Waals surface area contributed by atoms with Crippen molar-refractivity contribution in [2.75, 3.05) is 37.3 Å². The van der Waals surface area contributed by atoms with E-state index in [2.05, 4.69) is 58.6 Å². The highest BCUT2D eigenvalue weighted by Gasteiger charge is 2.24. The molecule has 0 amide bonds. The molecule has 1 aliphatic rings. The Balaban J connectivity index is 1.51. The third kappa shape index (κ3) is 5.75.